The minimum atomic E-state index is 0.325. The SMILES string of the molecule is Cc1cccc(C)c1OCCCN[C@H](C)c1cccc2ccccc12. The van der Waals surface area contributed by atoms with Crippen LogP contribution in [0.25, 0.3) is 10.8 Å². The van der Waals surface area contributed by atoms with E-state index in [-0.39, 0.29) is 0 Å². The Bertz CT molecular complexity index is 815. The predicted molar refractivity (Wildman–Crippen MR) is 106 cm³/mol. The zero-order valence-corrected chi connectivity index (χ0v) is 15.4. The average molecular weight is 333 g/mol. The Hall–Kier alpha value is -2.32. The van der Waals surface area contributed by atoms with Crippen molar-refractivity contribution in [3.63, 3.8) is 0 Å². The van der Waals surface area contributed by atoms with Crippen LogP contribution in [0.4, 0.5) is 0 Å². The van der Waals surface area contributed by atoms with Gasteiger partial charge in [-0.25, -0.2) is 0 Å². The molecule has 0 aliphatic heterocycles. The van der Waals surface area contributed by atoms with Crippen LogP contribution >= 0.6 is 0 Å². The largest absolute Gasteiger partial charge is 0.493 e. The highest BCUT2D eigenvalue weighted by Gasteiger charge is 2.08. The second-order valence-electron chi connectivity index (χ2n) is 6.67. The first kappa shape index (κ1) is 17.5. The van der Waals surface area contributed by atoms with Crippen LogP contribution in [0.15, 0.2) is 60.7 Å². The number of fused-ring (bicyclic) bond motifs is 1. The number of nitrogens with one attached hydrogen (secondary N) is 1. The molecule has 3 aromatic carbocycles. The highest BCUT2D eigenvalue weighted by Crippen LogP contribution is 2.24. The van der Waals surface area contributed by atoms with Crippen molar-refractivity contribution in [3.8, 4) is 5.75 Å². The van der Waals surface area contributed by atoms with Gasteiger partial charge in [-0.3, -0.25) is 0 Å². The van der Waals surface area contributed by atoms with Crippen LogP contribution in [-0.4, -0.2) is 13.2 Å². The molecule has 0 bridgehead atoms. The third-order valence-corrected chi connectivity index (χ3v) is 4.72. The molecule has 0 saturated carbocycles. The first-order valence-corrected chi connectivity index (χ1v) is 9.07. The lowest BCUT2D eigenvalue weighted by Gasteiger charge is -2.17. The molecule has 0 saturated heterocycles. The highest BCUT2D eigenvalue weighted by atomic mass is 16.5. The molecule has 2 nitrogen and oxygen atoms in total. The number of benzene rings is 3. The molecular weight excluding hydrogens is 306 g/mol. The number of aryl methyl sites for hydroxylation is 2. The molecule has 0 heterocycles. The fraction of sp³-hybridized carbons (Fsp3) is 0.304. The normalized spacial score (nSPS) is 12.3. The van der Waals surface area contributed by atoms with Crippen molar-refractivity contribution in [1.82, 2.24) is 5.32 Å². The first-order valence-electron chi connectivity index (χ1n) is 9.07. The lowest BCUT2D eigenvalue weighted by molar-refractivity contribution is 0.302. The van der Waals surface area contributed by atoms with Gasteiger partial charge in [-0.15, -0.1) is 0 Å². The molecule has 0 amide bonds. The Morgan fingerprint density at radius 3 is 2.36 bits per heavy atom. The van der Waals surface area contributed by atoms with Crippen molar-refractivity contribution in [3.05, 3.63) is 77.4 Å². The molecule has 0 aliphatic carbocycles. The maximum atomic E-state index is 5.99. The van der Waals surface area contributed by atoms with Crippen molar-refractivity contribution in [2.45, 2.75) is 33.2 Å². The molecule has 3 aromatic rings. The number of rotatable bonds is 7. The summed E-state index contributed by atoms with van der Waals surface area (Å²) >= 11 is 0. The Morgan fingerprint density at radius 2 is 1.56 bits per heavy atom. The lowest BCUT2D eigenvalue weighted by Crippen LogP contribution is -2.21. The summed E-state index contributed by atoms with van der Waals surface area (Å²) in [4.78, 5) is 0. The molecule has 0 spiro atoms. The molecule has 0 aliphatic rings. The maximum Gasteiger partial charge on any atom is 0.125 e. The third-order valence-electron chi connectivity index (χ3n) is 4.72. The molecule has 3 rings (SSSR count). The minimum Gasteiger partial charge on any atom is -0.493 e. The summed E-state index contributed by atoms with van der Waals surface area (Å²) < 4.78 is 5.99. The quantitative estimate of drug-likeness (QED) is 0.570. The molecule has 130 valence electrons. The van der Waals surface area contributed by atoms with E-state index in [1.165, 1.54) is 27.5 Å². The van der Waals surface area contributed by atoms with Gasteiger partial charge in [-0.1, -0.05) is 60.7 Å². The van der Waals surface area contributed by atoms with Gasteiger partial charge in [0.05, 0.1) is 6.61 Å². The summed E-state index contributed by atoms with van der Waals surface area (Å²) in [5.41, 5.74) is 3.77. The lowest BCUT2D eigenvalue weighted by atomic mass is 10.00. The Kier molecular flexibility index (Phi) is 5.72. The maximum absolute atomic E-state index is 5.99. The first-order chi connectivity index (χ1) is 12.2. The Labute approximate surface area is 150 Å². The fourth-order valence-corrected chi connectivity index (χ4v) is 3.33. The Balaban J connectivity index is 1.52. The van der Waals surface area contributed by atoms with E-state index in [2.05, 4.69) is 86.8 Å². The zero-order valence-electron chi connectivity index (χ0n) is 15.4. The number of ether oxygens (including phenoxy) is 1. The minimum absolute atomic E-state index is 0.325. The van der Waals surface area contributed by atoms with Gasteiger partial charge in [0.15, 0.2) is 0 Å². The van der Waals surface area contributed by atoms with Crippen LogP contribution in [0, 0.1) is 13.8 Å². The van der Waals surface area contributed by atoms with E-state index in [0.29, 0.717) is 6.04 Å². The molecule has 2 heteroatoms. The van der Waals surface area contributed by atoms with Crippen LogP contribution in [0.1, 0.15) is 36.1 Å². The van der Waals surface area contributed by atoms with Gasteiger partial charge in [-0.2, -0.15) is 0 Å². The van der Waals surface area contributed by atoms with Crippen LogP contribution in [0.3, 0.4) is 0 Å². The van der Waals surface area contributed by atoms with Crippen LogP contribution in [0.5, 0.6) is 5.75 Å². The van der Waals surface area contributed by atoms with Gasteiger partial charge in [0.25, 0.3) is 0 Å². The topological polar surface area (TPSA) is 21.3 Å². The number of para-hydroxylation sites is 1. The van der Waals surface area contributed by atoms with Crippen molar-refractivity contribution in [2.75, 3.05) is 13.2 Å². The van der Waals surface area contributed by atoms with Gasteiger partial charge in [0.1, 0.15) is 5.75 Å². The molecule has 25 heavy (non-hydrogen) atoms. The summed E-state index contributed by atoms with van der Waals surface area (Å²) in [6.45, 7) is 8.11. The molecule has 0 unspecified atom stereocenters. The fourth-order valence-electron chi connectivity index (χ4n) is 3.33. The summed E-state index contributed by atoms with van der Waals surface area (Å²) in [6.07, 6.45) is 0.989. The van der Waals surface area contributed by atoms with E-state index < -0.39 is 0 Å². The zero-order chi connectivity index (χ0) is 17.6. The van der Waals surface area contributed by atoms with E-state index >= 15 is 0 Å². The molecule has 1 N–H and O–H groups in total. The molecule has 1 atom stereocenters. The van der Waals surface area contributed by atoms with Gasteiger partial charge in [0.2, 0.25) is 0 Å². The summed E-state index contributed by atoms with van der Waals surface area (Å²) in [5.74, 6) is 1.03. The second kappa shape index (κ2) is 8.17. The van der Waals surface area contributed by atoms with Gasteiger partial charge in [0, 0.05) is 6.04 Å². The Morgan fingerprint density at radius 1 is 0.880 bits per heavy atom. The van der Waals surface area contributed by atoms with Crippen LogP contribution in [-0.2, 0) is 0 Å². The number of hydrogen-bond acceptors (Lipinski definition) is 2. The van der Waals surface area contributed by atoms with E-state index in [9.17, 15) is 0 Å². The van der Waals surface area contributed by atoms with E-state index in [0.717, 1.165) is 25.3 Å². The number of hydrogen-bond donors (Lipinski definition) is 1. The van der Waals surface area contributed by atoms with Crippen molar-refractivity contribution in [1.29, 1.82) is 0 Å². The smallest absolute Gasteiger partial charge is 0.125 e. The monoisotopic (exact) mass is 333 g/mol. The van der Waals surface area contributed by atoms with Gasteiger partial charge in [-0.05, 0) is 61.2 Å². The molecule has 0 radical (unpaired) electrons. The highest BCUT2D eigenvalue weighted by molar-refractivity contribution is 5.86. The van der Waals surface area contributed by atoms with Crippen molar-refractivity contribution in [2.24, 2.45) is 0 Å². The molecule has 0 fully saturated rings. The van der Waals surface area contributed by atoms with Crippen molar-refractivity contribution < 1.29 is 4.74 Å². The third kappa shape index (κ3) is 4.21. The molecule has 0 aromatic heterocycles. The van der Waals surface area contributed by atoms with E-state index in [1.54, 1.807) is 0 Å². The predicted octanol–water partition coefficient (Wildman–Crippen LogP) is 5.58. The van der Waals surface area contributed by atoms with Crippen molar-refractivity contribution >= 4 is 10.8 Å². The van der Waals surface area contributed by atoms with Crippen LogP contribution < -0.4 is 10.1 Å². The summed E-state index contributed by atoms with van der Waals surface area (Å²) in [6, 6.07) is 21.7. The van der Waals surface area contributed by atoms with Gasteiger partial charge >= 0.3 is 0 Å². The summed E-state index contributed by atoms with van der Waals surface area (Å²) in [5, 5.41) is 6.26. The standard InChI is InChI=1S/C23H27NO/c1-17-9-6-10-18(2)23(17)25-16-8-15-24-19(3)21-14-7-12-20-11-4-5-13-22(20)21/h4-7,9-14,19,24H,8,15-16H2,1-3H3/t19-/m1/s1. The van der Waals surface area contributed by atoms with Crippen LogP contribution in [0.2, 0.25) is 0 Å². The molecular formula is C23H27NO. The second-order valence-corrected chi connectivity index (χ2v) is 6.67. The van der Waals surface area contributed by atoms with E-state index in [4.69, 9.17) is 4.74 Å². The average Bonchev–Trinajstić information content (AvgIpc) is 2.63. The van der Waals surface area contributed by atoms with E-state index in [1.807, 2.05) is 0 Å². The van der Waals surface area contributed by atoms with Gasteiger partial charge < -0.3 is 10.1 Å². The summed E-state index contributed by atoms with van der Waals surface area (Å²) in [7, 11) is 0.